The Kier molecular flexibility index (Phi) is 7.36. The maximum absolute atomic E-state index is 13.5. The zero-order valence-electron chi connectivity index (χ0n) is 17.9. The highest BCUT2D eigenvalue weighted by molar-refractivity contribution is 7.22. The van der Waals surface area contributed by atoms with E-state index in [0.717, 1.165) is 49.5 Å². The van der Waals surface area contributed by atoms with Crippen LogP contribution in [0.2, 0.25) is 5.02 Å². The lowest BCUT2D eigenvalue weighted by Gasteiger charge is -2.27. The molecule has 0 unspecified atom stereocenters. The van der Waals surface area contributed by atoms with Crippen molar-refractivity contribution in [3.8, 4) is 11.9 Å². The molecule has 0 saturated carbocycles. The van der Waals surface area contributed by atoms with Crippen LogP contribution in [0, 0.1) is 0 Å². The molecule has 0 spiro atoms. The summed E-state index contributed by atoms with van der Waals surface area (Å²) in [7, 11) is 2.92. The summed E-state index contributed by atoms with van der Waals surface area (Å²) in [6, 6.07) is 7.06. The maximum Gasteiger partial charge on any atom is 0.320 e. The molecule has 3 aromatic rings. The number of halogens is 1. The lowest BCUT2D eigenvalue weighted by molar-refractivity contribution is 0.0376. The topological polar surface area (TPSA) is 89.9 Å². The average molecular weight is 478 g/mol. The summed E-state index contributed by atoms with van der Waals surface area (Å²) in [5.74, 6) is -0.0410. The van der Waals surface area contributed by atoms with Gasteiger partial charge in [0.05, 0.1) is 37.6 Å². The van der Waals surface area contributed by atoms with Gasteiger partial charge in [0.2, 0.25) is 5.88 Å². The molecule has 0 bridgehead atoms. The van der Waals surface area contributed by atoms with Gasteiger partial charge in [-0.3, -0.25) is 14.6 Å². The lowest BCUT2D eigenvalue weighted by Crippen LogP contribution is -2.39. The highest BCUT2D eigenvalue weighted by atomic mass is 35.5. The zero-order chi connectivity index (χ0) is 22.5. The fourth-order valence-electron chi connectivity index (χ4n) is 3.41. The molecule has 1 aliphatic rings. The number of methoxy groups -OCH3 is 2. The van der Waals surface area contributed by atoms with E-state index >= 15 is 0 Å². The van der Waals surface area contributed by atoms with Gasteiger partial charge in [-0.25, -0.2) is 4.98 Å². The predicted octanol–water partition coefficient (Wildman–Crippen LogP) is 3.13. The number of morpholine rings is 1. The summed E-state index contributed by atoms with van der Waals surface area (Å²) in [4.78, 5) is 30.5. The molecule has 0 N–H and O–H groups in total. The second kappa shape index (κ2) is 10.4. The van der Waals surface area contributed by atoms with Gasteiger partial charge < -0.3 is 14.2 Å². The molecule has 170 valence electrons. The van der Waals surface area contributed by atoms with Crippen LogP contribution in [-0.2, 0) is 4.74 Å². The minimum Gasteiger partial charge on any atom is -0.481 e. The minimum absolute atomic E-state index is 0.0667. The number of nitrogens with zero attached hydrogens (tertiary/aromatic N) is 5. The minimum atomic E-state index is -0.295. The van der Waals surface area contributed by atoms with Crippen LogP contribution in [0.5, 0.6) is 11.9 Å². The number of hydrogen-bond acceptors (Lipinski definition) is 9. The fraction of sp³-hybridized carbons (Fsp3) is 0.429. The molecule has 0 atom stereocenters. The van der Waals surface area contributed by atoms with E-state index in [1.165, 1.54) is 31.6 Å². The molecule has 0 aliphatic carbocycles. The van der Waals surface area contributed by atoms with Crippen molar-refractivity contribution in [1.29, 1.82) is 0 Å². The number of benzene rings is 1. The van der Waals surface area contributed by atoms with Crippen LogP contribution in [0.3, 0.4) is 0 Å². The van der Waals surface area contributed by atoms with Crippen molar-refractivity contribution in [3.05, 3.63) is 35.0 Å². The molecular formula is C21H24ClN5O4S. The van der Waals surface area contributed by atoms with Crippen molar-refractivity contribution < 1.29 is 19.0 Å². The fourth-order valence-corrected chi connectivity index (χ4v) is 4.68. The van der Waals surface area contributed by atoms with E-state index in [2.05, 4.69) is 19.9 Å². The number of hydrogen-bond donors (Lipinski definition) is 0. The number of rotatable bonds is 8. The molecule has 1 aromatic carbocycles. The van der Waals surface area contributed by atoms with Gasteiger partial charge >= 0.3 is 6.01 Å². The number of amides is 1. The first-order chi connectivity index (χ1) is 15.6. The van der Waals surface area contributed by atoms with Crippen molar-refractivity contribution in [2.45, 2.75) is 6.42 Å². The van der Waals surface area contributed by atoms with E-state index in [0.29, 0.717) is 16.7 Å². The molecule has 1 aliphatic heterocycles. The number of carbonyl (C=O) groups excluding carboxylic acids is 1. The molecule has 1 amide bonds. The van der Waals surface area contributed by atoms with Gasteiger partial charge in [-0.05, 0) is 24.6 Å². The van der Waals surface area contributed by atoms with E-state index in [1.54, 1.807) is 11.0 Å². The van der Waals surface area contributed by atoms with Gasteiger partial charge in [0.15, 0.2) is 5.13 Å². The molecule has 0 radical (unpaired) electrons. The highest BCUT2D eigenvalue weighted by Crippen LogP contribution is 2.32. The number of aromatic nitrogens is 3. The van der Waals surface area contributed by atoms with Crippen LogP contribution >= 0.6 is 22.9 Å². The van der Waals surface area contributed by atoms with Gasteiger partial charge in [-0.1, -0.05) is 22.9 Å². The molecule has 1 fully saturated rings. The first kappa shape index (κ1) is 22.7. The highest BCUT2D eigenvalue weighted by Gasteiger charge is 2.24. The van der Waals surface area contributed by atoms with E-state index in [4.69, 9.17) is 25.8 Å². The first-order valence-corrected chi connectivity index (χ1v) is 11.4. The molecule has 3 heterocycles. The van der Waals surface area contributed by atoms with Crippen molar-refractivity contribution in [1.82, 2.24) is 19.9 Å². The first-order valence-electron chi connectivity index (χ1n) is 10.2. The van der Waals surface area contributed by atoms with Crippen molar-refractivity contribution in [3.63, 3.8) is 0 Å². The largest absolute Gasteiger partial charge is 0.481 e. The van der Waals surface area contributed by atoms with E-state index < -0.39 is 0 Å². The Morgan fingerprint density at radius 2 is 2.00 bits per heavy atom. The molecule has 32 heavy (non-hydrogen) atoms. The summed E-state index contributed by atoms with van der Waals surface area (Å²) in [5.41, 5.74) is 0.968. The van der Waals surface area contributed by atoms with Crippen molar-refractivity contribution in [2.75, 3.05) is 58.5 Å². The zero-order valence-corrected chi connectivity index (χ0v) is 19.5. The smallest absolute Gasteiger partial charge is 0.320 e. The number of ether oxygens (including phenoxy) is 3. The van der Waals surface area contributed by atoms with Gasteiger partial charge in [0.1, 0.15) is 5.69 Å². The average Bonchev–Trinajstić information content (AvgIpc) is 3.24. The van der Waals surface area contributed by atoms with Crippen LogP contribution in [0.15, 0.2) is 24.3 Å². The third kappa shape index (κ3) is 5.26. The summed E-state index contributed by atoms with van der Waals surface area (Å²) >= 11 is 7.56. The van der Waals surface area contributed by atoms with E-state index in [9.17, 15) is 4.79 Å². The Hall–Kier alpha value is -2.53. The normalized spacial score (nSPS) is 14.5. The third-order valence-electron chi connectivity index (χ3n) is 5.07. The van der Waals surface area contributed by atoms with Gasteiger partial charge in [-0.2, -0.15) is 9.97 Å². The van der Waals surface area contributed by atoms with Gasteiger partial charge in [0, 0.05) is 37.3 Å². The van der Waals surface area contributed by atoms with Crippen LogP contribution in [0.4, 0.5) is 5.13 Å². The lowest BCUT2D eigenvalue weighted by atomic mass is 10.3. The van der Waals surface area contributed by atoms with Crippen LogP contribution in [0.1, 0.15) is 16.9 Å². The number of anilines is 1. The quantitative estimate of drug-likeness (QED) is 0.489. The maximum atomic E-state index is 13.5. The van der Waals surface area contributed by atoms with Crippen molar-refractivity contribution >= 4 is 44.2 Å². The molecular weight excluding hydrogens is 454 g/mol. The predicted molar refractivity (Wildman–Crippen MR) is 123 cm³/mol. The SMILES string of the molecule is COc1cc(C(=O)N(CCCN2CCOCC2)c2nc3ccc(Cl)cc3s2)nc(OC)n1. The number of thiazole rings is 1. The molecule has 4 rings (SSSR count). The second-order valence-corrected chi connectivity index (χ2v) is 8.60. The monoisotopic (exact) mass is 477 g/mol. The van der Waals surface area contributed by atoms with E-state index in [-0.39, 0.29) is 23.5 Å². The second-order valence-electron chi connectivity index (χ2n) is 7.16. The van der Waals surface area contributed by atoms with Gasteiger partial charge in [0.25, 0.3) is 5.91 Å². The molecule has 11 heteroatoms. The molecule has 1 saturated heterocycles. The summed E-state index contributed by atoms with van der Waals surface area (Å²) in [6.07, 6.45) is 0.780. The van der Waals surface area contributed by atoms with Crippen LogP contribution in [-0.4, -0.2) is 79.4 Å². The van der Waals surface area contributed by atoms with E-state index in [1.807, 2.05) is 12.1 Å². The Labute approximate surface area is 194 Å². The van der Waals surface area contributed by atoms with Crippen LogP contribution in [0.25, 0.3) is 10.2 Å². The Balaban J connectivity index is 1.62. The summed E-state index contributed by atoms with van der Waals surface area (Å²) < 4.78 is 16.7. The summed E-state index contributed by atoms with van der Waals surface area (Å²) in [5, 5.41) is 1.22. The number of fused-ring (bicyclic) bond motifs is 1. The Morgan fingerprint density at radius 1 is 1.19 bits per heavy atom. The standard InChI is InChI=1S/C21H24ClN5O4S/c1-29-18-13-16(23-20(25-18)30-2)19(28)27(7-3-6-26-8-10-31-11-9-26)21-24-15-5-4-14(22)12-17(15)32-21/h4-5,12-13H,3,6-11H2,1-2H3. The van der Waals surface area contributed by atoms with Crippen molar-refractivity contribution in [2.24, 2.45) is 0 Å². The van der Waals surface area contributed by atoms with Crippen LogP contribution < -0.4 is 14.4 Å². The molecule has 2 aromatic heterocycles. The Bertz CT molecular complexity index is 1070. The summed E-state index contributed by atoms with van der Waals surface area (Å²) in [6.45, 7) is 4.62. The number of carbonyl (C=O) groups is 1. The van der Waals surface area contributed by atoms with Gasteiger partial charge in [-0.15, -0.1) is 0 Å². The Morgan fingerprint density at radius 3 is 2.75 bits per heavy atom. The third-order valence-corrected chi connectivity index (χ3v) is 6.34. The molecule has 9 nitrogen and oxygen atoms in total.